The van der Waals surface area contributed by atoms with Gasteiger partial charge >= 0.3 is 0 Å². The van der Waals surface area contributed by atoms with Gasteiger partial charge in [0.15, 0.2) is 0 Å². The molecule has 0 saturated heterocycles. The van der Waals surface area contributed by atoms with E-state index in [1.165, 1.54) is 22.3 Å². The Bertz CT molecular complexity index is 1070. The number of allylic oxidation sites excluding steroid dienone is 6. The van der Waals surface area contributed by atoms with Gasteiger partial charge in [0.25, 0.3) is 0 Å². The predicted molar refractivity (Wildman–Crippen MR) is 115 cm³/mol. The number of aromatic nitrogens is 1. The van der Waals surface area contributed by atoms with Crippen LogP contribution in [0.5, 0.6) is 0 Å². The lowest BCUT2D eigenvalue weighted by Crippen LogP contribution is -2.18. The molecule has 0 spiro atoms. The van der Waals surface area contributed by atoms with Gasteiger partial charge in [-0.1, -0.05) is 91.1 Å². The monoisotopic (exact) mass is 359 g/mol. The highest BCUT2D eigenvalue weighted by Crippen LogP contribution is 2.55. The average molecular weight is 359 g/mol. The van der Waals surface area contributed by atoms with Gasteiger partial charge in [-0.05, 0) is 52.1 Å². The maximum Gasteiger partial charge on any atom is 0.0666 e. The molecule has 1 nitrogen and oxygen atoms in total. The van der Waals surface area contributed by atoms with Crippen LogP contribution in [0.15, 0.2) is 109 Å². The molecule has 4 aliphatic rings. The van der Waals surface area contributed by atoms with Crippen molar-refractivity contribution in [1.29, 1.82) is 0 Å². The summed E-state index contributed by atoms with van der Waals surface area (Å²) in [7, 11) is 0. The molecule has 0 N–H and O–H groups in total. The lowest BCUT2D eigenvalue weighted by molar-refractivity contribution is 0.812. The van der Waals surface area contributed by atoms with Crippen molar-refractivity contribution < 1.29 is 0 Å². The Kier molecular flexibility index (Phi) is 3.34. The SMILES string of the molecule is C1=CC2(c3cc(-c4ccc(-c5ccccc5)cc4)ccn3)C=CC3C1C3C=C2. The average Bonchev–Trinajstić information content (AvgIpc) is 3.53. The van der Waals surface area contributed by atoms with Gasteiger partial charge in [0, 0.05) is 6.20 Å². The maximum absolute atomic E-state index is 4.76. The van der Waals surface area contributed by atoms with Crippen LogP contribution < -0.4 is 0 Å². The van der Waals surface area contributed by atoms with Gasteiger partial charge in [-0.2, -0.15) is 0 Å². The Labute approximate surface area is 165 Å². The van der Waals surface area contributed by atoms with E-state index in [4.69, 9.17) is 4.98 Å². The molecule has 0 aliphatic heterocycles. The van der Waals surface area contributed by atoms with Crippen LogP contribution in [0.3, 0.4) is 0 Å². The number of hydrogen-bond donors (Lipinski definition) is 0. The molecule has 1 fully saturated rings. The number of rotatable bonds is 3. The van der Waals surface area contributed by atoms with Crippen molar-refractivity contribution in [3.8, 4) is 22.3 Å². The van der Waals surface area contributed by atoms with E-state index >= 15 is 0 Å². The highest BCUT2D eigenvalue weighted by atomic mass is 14.7. The van der Waals surface area contributed by atoms with Gasteiger partial charge in [0.05, 0.1) is 11.1 Å². The molecule has 3 aromatic rings. The van der Waals surface area contributed by atoms with E-state index in [-0.39, 0.29) is 5.41 Å². The Hall–Kier alpha value is -3.19. The maximum atomic E-state index is 4.76. The fraction of sp³-hybridized carbons (Fsp3) is 0.148. The van der Waals surface area contributed by atoms with Crippen LogP contribution in [0.2, 0.25) is 0 Å². The fourth-order valence-corrected chi connectivity index (χ4v) is 4.72. The molecule has 1 heteroatoms. The van der Waals surface area contributed by atoms with E-state index in [0.717, 1.165) is 5.69 Å². The summed E-state index contributed by atoms with van der Waals surface area (Å²) in [5.41, 5.74) is 5.83. The molecule has 0 amide bonds. The zero-order chi connectivity index (χ0) is 18.6. The van der Waals surface area contributed by atoms with Gasteiger partial charge < -0.3 is 0 Å². The van der Waals surface area contributed by atoms with Gasteiger partial charge in [-0.15, -0.1) is 0 Å². The van der Waals surface area contributed by atoms with Gasteiger partial charge in [0.2, 0.25) is 0 Å². The van der Waals surface area contributed by atoms with E-state index in [1.807, 2.05) is 6.20 Å². The molecular weight excluding hydrogens is 338 g/mol. The first-order chi connectivity index (χ1) is 13.8. The van der Waals surface area contributed by atoms with Crippen LogP contribution in [-0.4, -0.2) is 4.98 Å². The van der Waals surface area contributed by atoms with Crippen molar-refractivity contribution >= 4 is 0 Å². The van der Waals surface area contributed by atoms with Crippen LogP contribution in [0.1, 0.15) is 5.69 Å². The number of hydrogen-bond acceptors (Lipinski definition) is 1. The Morgan fingerprint density at radius 2 is 1.11 bits per heavy atom. The van der Waals surface area contributed by atoms with Crippen LogP contribution >= 0.6 is 0 Å². The first-order valence-electron chi connectivity index (χ1n) is 10.0. The minimum atomic E-state index is -0.196. The number of pyridine rings is 1. The van der Waals surface area contributed by atoms with Crippen LogP contribution in [0.4, 0.5) is 0 Å². The lowest BCUT2D eigenvalue weighted by Gasteiger charge is -2.22. The standard InChI is InChI=1S/C27H21N/c1-2-4-19(5-3-1)20-6-8-21(9-7-20)22-13-17-28-26(18-22)27-14-10-23-24(11-15-27)25(23)12-16-27/h1-18,23-25H. The van der Waals surface area contributed by atoms with Gasteiger partial charge in [-0.3, -0.25) is 4.98 Å². The molecule has 1 aromatic heterocycles. The summed E-state index contributed by atoms with van der Waals surface area (Å²) in [4.78, 5) is 4.76. The highest BCUT2D eigenvalue weighted by Gasteiger charge is 2.49. The molecule has 0 radical (unpaired) electrons. The topological polar surface area (TPSA) is 12.9 Å². The predicted octanol–water partition coefficient (Wildman–Crippen LogP) is 6.21. The summed E-state index contributed by atoms with van der Waals surface area (Å²) >= 11 is 0. The largest absolute Gasteiger partial charge is 0.260 e. The Morgan fingerprint density at radius 1 is 0.571 bits per heavy atom. The lowest BCUT2D eigenvalue weighted by atomic mass is 9.82. The van der Waals surface area contributed by atoms with E-state index in [0.29, 0.717) is 17.8 Å². The van der Waals surface area contributed by atoms with Crippen molar-refractivity contribution in [2.75, 3.05) is 0 Å². The van der Waals surface area contributed by atoms with Crippen molar-refractivity contribution in [2.24, 2.45) is 17.8 Å². The van der Waals surface area contributed by atoms with Crippen LogP contribution in [-0.2, 0) is 5.41 Å². The third-order valence-electron chi connectivity index (χ3n) is 6.50. The Balaban J connectivity index is 1.37. The van der Waals surface area contributed by atoms with Crippen molar-refractivity contribution in [3.63, 3.8) is 0 Å². The summed E-state index contributed by atoms with van der Waals surface area (Å²) in [5.74, 6) is 2.10. The van der Waals surface area contributed by atoms with Crippen LogP contribution in [0.25, 0.3) is 22.3 Å². The Morgan fingerprint density at radius 3 is 1.71 bits per heavy atom. The van der Waals surface area contributed by atoms with Crippen molar-refractivity contribution in [1.82, 2.24) is 4.98 Å². The summed E-state index contributed by atoms with van der Waals surface area (Å²) in [5, 5.41) is 0. The first-order valence-corrected chi connectivity index (χ1v) is 10.0. The highest BCUT2D eigenvalue weighted by molar-refractivity contribution is 5.71. The minimum Gasteiger partial charge on any atom is -0.260 e. The molecule has 1 heterocycles. The molecule has 0 unspecified atom stereocenters. The molecule has 0 atom stereocenters. The smallest absolute Gasteiger partial charge is 0.0666 e. The van der Waals surface area contributed by atoms with E-state index in [2.05, 4.69) is 103 Å². The molecule has 2 aromatic carbocycles. The fourth-order valence-electron chi connectivity index (χ4n) is 4.72. The van der Waals surface area contributed by atoms with Crippen LogP contribution in [0, 0.1) is 17.8 Å². The summed E-state index contributed by atoms with van der Waals surface area (Å²) in [6.45, 7) is 0. The number of nitrogens with zero attached hydrogens (tertiary/aromatic N) is 1. The summed E-state index contributed by atoms with van der Waals surface area (Å²) < 4.78 is 0. The van der Waals surface area contributed by atoms with Crippen molar-refractivity contribution in [3.05, 3.63) is 115 Å². The quantitative estimate of drug-likeness (QED) is 0.507. The third kappa shape index (κ3) is 2.43. The number of benzene rings is 2. The minimum absolute atomic E-state index is 0.196. The molecule has 134 valence electrons. The van der Waals surface area contributed by atoms with E-state index < -0.39 is 0 Å². The summed E-state index contributed by atoms with van der Waals surface area (Å²) in [6.07, 6.45) is 16.2. The first kappa shape index (κ1) is 15.8. The second kappa shape index (κ2) is 5.90. The second-order valence-corrected chi connectivity index (χ2v) is 8.12. The van der Waals surface area contributed by atoms with E-state index in [9.17, 15) is 0 Å². The van der Waals surface area contributed by atoms with Gasteiger partial charge in [-0.25, -0.2) is 0 Å². The molecule has 4 aliphatic carbocycles. The zero-order valence-corrected chi connectivity index (χ0v) is 15.6. The summed E-state index contributed by atoms with van der Waals surface area (Å²) in [6, 6.07) is 23.7. The normalized spacial score (nSPS) is 28.8. The zero-order valence-electron chi connectivity index (χ0n) is 15.6. The van der Waals surface area contributed by atoms with Crippen molar-refractivity contribution in [2.45, 2.75) is 5.41 Å². The molecule has 7 rings (SSSR count). The molecule has 28 heavy (non-hydrogen) atoms. The molecule has 1 saturated carbocycles. The molecular formula is C27H21N. The van der Waals surface area contributed by atoms with Gasteiger partial charge in [0.1, 0.15) is 0 Å². The second-order valence-electron chi connectivity index (χ2n) is 8.12. The molecule has 4 bridgehead atoms. The van der Waals surface area contributed by atoms with E-state index in [1.54, 1.807) is 0 Å². The third-order valence-corrected chi connectivity index (χ3v) is 6.50.